The Kier molecular flexibility index (Phi) is 3.90. The first-order valence-electron chi connectivity index (χ1n) is 5.23. The molecule has 0 unspecified atom stereocenters. The number of carbonyl (C=O) groups is 1. The van der Waals surface area contributed by atoms with Gasteiger partial charge in [0.15, 0.2) is 6.29 Å². The molecule has 0 saturated heterocycles. The minimum absolute atomic E-state index is 0.533. The van der Waals surface area contributed by atoms with Crippen molar-refractivity contribution in [2.75, 3.05) is 7.11 Å². The summed E-state index contributed by atoms with van der Waals surface area (Å²) in [5, 5.41) is 1.07. The Bertz CT molecular complexity index is 574. The Balaban J connectivity index is 2.59. The van der Waals surface area contributed by atoms with Crippen molar-refractivity contribution in [2.24, 2.45) is 0 Å². The van der Waals surface area contributed by atoms with Crippen molar-refractivity contribution < 1.29 is 9.53 Å². The summed E-state index contributed by atoms with van der Waals surface area (Å²) in [6.45, 7) is 0. The first kappa shape index (κ1) is 12.9. The van der Waals surface area contributed by atoms with Gasteiger partial charge < -0.3 is 4.74 Å². The number of ether oxygens (including phenoxy) is 1. The second-order valence-corrected chi connectivity index (χ2v) is 4.60. The molecule has 2 aromatic carbocycles. The van der Waals surface area contributed by atoms with Gasteiger partial charge in [-0.05, 0) is 47.5 Å². The Morgan fingerprint density at radius 3 is 2.28 bits per heavy atom. The van der Waals surface area contributed by atoms with Gasteiger partial charge in [-0.3, -0.25) is 4.79 Å². The molecule has 2 rings (SSSR count). The van der Waals surface area contributed by atoms with E-state index in [1.165, 1.54) is 0 Å². The minimum atomic E-state index is 0.533. The molecule has 18 heavy (non-hydrogen) atoms. The lowest BCUT2D eigenvalue weighted by Gasteiger charge is -2.08. The van der Waals surface area contributed by atoms with Crippen molar-refractivity contribution in [1.29, 1.82) is 0 Å². The van der Waals surface area contributed by atoms with Crippen LogP contribution in [-0.2, 0) is 0 Å². The lowest BCUT2D eigenvalue weighted by Crippen LogP contribution is -1.90. The van der Waals surface area contributed by atoms with Crippen LogP contribution in [0.2, 0.25) is 10.0 Å². The summed E-state index contributed by atoms with van der Waals surface area (Å²) in [5.74, 6) is 0.633. The van der Waals surface area contributed by atoms with Gasteiger partial charge in [0.2, 0.25) is 0 Å². The first-order valence-corrected chi connectivity index (χ1v) is 5.99. The van der Waals surface area contributed by atoms with E-state index in [1.807, 2.05) is 6.07 Å². The molecule has 0 heterocycles. The predicted octanol–water partition coefficient (Wildman–Crippen LogP) is 4.48. The highest BCUT2D eigenvalue weighted by molar-refractivity contribution is 6.35. The van der Waals surface area contributed by atoms with E-state index in [9.17, 15) is 4.79 Å². The van der Waals surface area contributed by atoms with Gasteiger partial charge >= 0.3 is 0 Å². The number of rotatable bonds is 3. The maximum absolute atomic E-state index is 11.1. The van der Waals surface area contributed by atoms with E-state index in [4.69, 9.17) is 27.9 Å². The standard InChI is InChI=1S/C14H10Cl2O2/c1-18-13-2-3-14(10(6-13)8-17)9-4-11(15)7-12(16)5-9/h2-8H,1H3. The topological polar surface area (TPSA) is 26.3 Å². The van der Waals surface area contributed by atoms with Crippen LogP contribution in [0, 0.1) is 0 Å². The summed E-state index contributed by atoms with van der Waals surface area (Å²) in [6, 6.07) is 10.5. The molecule has 2 nitrogen and oxygen atoms in total. The molecular weight excluding hydrogens is 271 g/mol. The van der Waals surface area contributed by atoms with Crippen LogP contribution in [0.4, 0.5) is 0 Å². The highest BCUT2D eigenvalue weighted by atomic mass is 35.5. The number of methoxy groups -OCH3 is 1. The molecule has 4 heteroatoms. The molecule has 0 aromatic heterocycles. The van der Waals surface area contributed by atoms with E-state index < -0.39 is 0 Å². The molecule has 92 valence electrons. The van der Waals surface area contributed by atoms with Gasteiger partial charge in [-0.1, -0.05) is 23.2 Å². The smallest absolute Gasteiger partial charge is 0.150 e. The van der Waals surface area contributed by atoms with Crippen molar-refractivity contribution in [3.05, 3.63) is 52.0 Å². The molecule has 0 aliphatic carbocycles. The fraction of sp³-hybridized carbons (Fsp3) is 0.0714. The van der Waals surface area contributed by atoms with Crippen LogP contribution in [0.25, 0.3) is 11.1 Å². The molecule has 0 atom stereocenters. The molecule has 0 N–H and O–H groups in total. The van der Waals surface area contributed by atoms with Crippen LogP contribution in [0.5, 0.6) is 5.75 Å². The SMILES string of the molecule is COc1ccc(-c2cc(Cl)cc(Cl)c2)c(C=O)c1. The van der Waals surface area contributed by atoms with Crippen molar-refractivity contribution in [3.8, 4) is 16.9 Å². The quantitative estimate of drug-likeness (QED) is 0.775. The van der Waals surface area contributed by atoms with Gasteiger partial charge in [-0.25, -0.2) is 0 Å². The van der Waals surface area contributed by atoms with Crippen molar-refractivity contribution in [3.63, 3.8) is 0 Å². The van der Waals surface area contributed by atoms with Gasteiger partial charge in [0.1, 0.15) is 5.75 Å². The minimum Gasteiger partial charge on any atom is -0.497 e. The molecule has 0 radical (unpaired) electrons. The van der Waals surface area contributed by atoms with E-state index in [0.29, 0.717) is 21.4 Å². The summed E-state index contributed by atoms with van der Waals surface area (Å²) in [7, 11) is 1.56. The van der Waals surface area contributed by atoms with Crippen molar-refractivity contribution in [1.82, 2.24) is 0 Å². The predicted molar refractivity (Wildman–Crippen MR) is 73.8 cm³/mol. The fourth-order valence-electron chi connectivity index (χ4n) is 1.74. The van der Waals surface area contributed by atoms with Crippen molar-refractivity contribution in [2.45, 2.75) is 0 Å². The van der Waals surface area contributed by atoms with E-state index in [0.717, 1.165) is 17.4 Å². The average molecular weight is 281 g/mol. The van der Waals surface area contributed by atoms with E-state index in [2.05, 4.69) is 0 Å². The molecule has 0 fully saturated rings. The number of hydrogen-bond donors (Lipinski definition) is 0. The van der Waals surface area contributed by atoms with Gasteiger partial charge in [-0.2, -0.15) is 0 Å². The average Bonchev–Trinajstić information content (AvgIpc) is 2.36. The number of hydrogen-bond acceptors (Lipinski definition) is 2. The zero-order chi connectivity index (χ0) is 13.1. The van der Waals surface area contributed by atoms with E-state index in [-0.39, 0.29) is 0 Å². The Morgan fingerprint density at radius 1 is 1.06 bits per heavy atom. The third kappa shape index (κ3) is 2.66. The Labute approximate surface area is 115 Å². The third-order valence-electron chi connectivity index (χ3n) is 2.56. The zero-order valence-corrected chi connectivity index (χ0v) is 11.1. The normalized spacial score (nSPS) is 10.2. The summed E-state index contributed by atoms with van der Waals surface area (Å²) < 4.78 is 5.08. The van der Waals surface area contributed by atoms with Crippen molar-refractivity contribution >= 4 is 29.5 Å². The molecule has 0 aliphatic heterocycles. The lowest BCUT2D eigenvalue weighted by molar-refractivity contribution is 0.112. The van der Waals surface area contributed by atoms with Gasteiger partial charge in [0.25, 0.3) is 0 Å². The maximum atomic E-state index is 11.1. The van der Waals surface area contributed by atoms with Gasteiger partial charge in [-0.15, -0.1) is 0 Å². The molecular formula is C14H10Cl2O2. The largest absolute Gasteiger partial charge is 0.497 e. The number of aldehydes is 1. The number of benzene rings is 2. The molecule has 0 amide bonds. The monoisotopic (exact) mass is 280 g/mol. The zero-order valence-electron chi connectivity index (χ0n) is 9.61. The summed E-state index contributed by atoms with van der Waals surface area (Å²) in [5.41, 5.74) is 2.11. The van der Waals surface area contributed by atoms with E-state index in [1.54, 1.807) is 37.4 Å². The highest BCUT2D eigenvalue weighted by Crippen LogP contribution is 2.30. The number of carbonyl (C=O) groups excluding carboxylic acids is 1. The van der Waals surface area contributed by atoms with E-state index >= 15 is 0 Å². The second-order valence-electron chi connectivity index (χ2n) is 3.73. The summed E-state index contributed by atoms with van der Waals surface area (Å²) >= 11 is 11.9. The molecule has 0 aliphatic rings. The second kappa shape index (κ2) is 5.42. The fourth-order valence-corrected chi connectivity index (χ4v) is 2.26. The Hall–Kier alpha value is -1.51. The van der Waals surface area contributed by atoms with Crippen LogP contribution in [0.15, 0.2) is 36.4 Å². The molecule has 0 saturated carbocycles. The third-order valence-corrected chi connectivity index (χ3v) is 3.00. The van der Waals surface area contributed by atoms with Crippen LogP contribution in [0.1, 0.15) is 10.4 Å². The summed E-state index contributed by atoms with van der Waals surface area (Å²) in [4.78, 5) is 11.1. The Morgan fingerprint density at radius 2 is 1.72 bits per heavy atom. The van der Waals surface area contributed by atoms with Gasteiger partial charge in [0, 0.05) is 15.6 Å². The molecule has 0 spiro atoms. The van der Waals surface area contributed by atoms with Crippen LogP contribution in [0.3, 0.4) is 0 Å². The van der Waals surface area contributed by atoms with Crippen LogP contribution in [-0.4, -0.2) is 13.4 Å². The molecule has 2 aromatic rings. The summed E-state index contributed by atoms with van der Waals surface area (Å²) in [6.07, 6.45) is 0.784. The van der Waals surface area contributed by atoms with Gasteiger partial charge in [0.05, 0.1) is 7.11 Å². The van der Waals surface area contributed by atoms with Crippen LogP contribution >= 0.6 is 23.2 Å². The van der Waals surface area contributed by atoms with Crippen LogP contribution < -0.4 is 4.74 Å². The first-order chi connectivity index (χ1) is 8.63. The maximum Gasteiger partial charge on any atom is 0.150 e. The highest BCUT2D eigenvalue weighted by Gasteiger charge is 2.08. The lowest BCUT2D eigenvalue weighted by atomic mass is 10.0. The number of halogens is 2. The molecule has 0 bridgehead atoms.